The molecule has 0 aromatic rings. The molecular formula is C11H17NO. The van der Waals surface area contributed by atoms with Crippen LogP contribution in [-0.2, 0) is 4.79 Å². The van der Waals surface area contributed by atoms with Gasteiger partial charge in [0, 0.05) is 19.0 Å². The number of amides is 1. The highest BCUT2D eigenvalue weighted by Crippen LogP contribution is 2.66. The molecule has 0 aromatic carbocycles. The van der Waals surface area contributed by atoms with Crippen molar-refractivity contribution >= 4 is 5.91 Å². The van der Waals surface area contributed by atoms with E-state index in [1.807, 2.05) is 0 Å². The Labute approximate surface area is 79.3 Å². The summed E-state index contributed by atoms with van der Waals surface area (Å²) < 4.78 is 0. The Hall–Kier alpha value is -0.530. The van der Waals surface area contributed by atoms with Gasteiger partial charge in [0.05, 0.1) is 0 Å². The second-order valence-electron chi connectivity index (χ2n) is 5.32. The average molecular weight is 179 g/mol. The van der Waals surface area contributed by atoms with Gasteiger partial charge in [0.1, 0.15) is 0 Å². The molecule has 0 radical (unpaired) electrons. The van der Waals surface area contributed by atoms with Crippen LogP contribution in [0, 0.1) is 17.3 Å². The van der Waals surface area contributed by atoms with Gasteiger partial charge in [0.25, 0.3) is 0 Å². The molecule has 1 unspecified atom stereocenters. The van der Waals surface area contributed by atoms with Gasteiger partial charge >= 0.3 is 0 Å². The van der Waals surface area contributed by atoms with E-state index < -0.39 is 0 Å². The van der Waals surface area contributed by atoms with Crippen molar-refractivity contribution < 1.29 is 4.79 Å². The Morgan fingerprint density at radius 1 is 1.38 bits per heavy atom. The quantitative estimate of drug-likeness (QED) is 0.599. The van der Waals surface area contributed by atoms with Crippen molar-refractivity contribution in [3.63, 3.8) is 0 Å². The Morgan fingerprint density at radius 3 is 2.46 bits per heavy atom. The van der Waals surface area contributed by atoms with Crippen LogP contribution < -0.4 is 0 Å². The van der Waals surface area contributed by atoms with Gasteiger partial charge in [-0.25, -0.2) is 0 Å². The van der Waals surface area contributed by atoms with Gasteiger partial charge in [-0.05, 0) is 30.6 Å². The Bertz CT molecular complexity index is 251. The molecule has 2 nitrogen and oxygen atoms in total. The molecule has 2 heteroatoms. The SMILES string of the molecule is CC1CN(C(=O)C2CC23CCC3)C1. The van der Waals surface area contributed by atoms with Gasteiger partial charge in [-0.3, -0.25) is 4.79 Å². The first-order valence-corrected chi connectivity index (χ1v) is 5.50. The molecule has 72 valence electrons. The summed E-state index contributed by atoms with van der Waals surface area (Å²) in [5.74, 6) is 1.66. The van der Waals surface area contributed by atoms with Gasteiger partial charge < -0.3 is 4.90 Å². The van der Waals surface area contributed by atoms with Gasteiger partial charge in [0.15, 0.2) is 0 Å². The largest absolute Gasteiger partial charge is 0.342 e. The molecule has 3 fully saturated rings. The molecule has 2 saturated carbocycles. The summed E-state index contributed by atoms with van der Waals surface area (Å²) in [6.45, 7) is 4.26. The number of carbonyl (C=O) groups excluding carboxylic acids is 1. The maximum atomic E-state index is 11.9. The first-order chi connectivity index (χ1) is 6.21. The van der Waals surface area contributed by atoms with Crippen LogP contribution in [0.15, 0.2) is 0 Å². The molecule has 1 atom stereocenters. The number of rotatable bonds is 1. The zero-order chi connectivity index (χ0) is 9.05. The number of likely N-dealkylation sites (tertiary alicyclic amines) is 1. The summed E-state index contributed by atoms with van der Waals surface area (Å²) in [6, 6.07) is 0. The van der Waals surface area contributed by atoms with Crippen molar-refractivity contribution in [2.45, 2.75) is 32.6 Å². The zero-order valence-electron chi connectivity index (χ0n) is 8.25. The van der Waals surface area contributed by atoms with Crippen LogP contribution in [-0.4, -0.2) is 23.9 Å². The van der Waals surface area contributed by atoms with Gasteiger partial charge in [-0.15, -0.1) is 0 Å². The third-order valence-corrected chi connectivity index (χ3v) is 4.21. The fourth-order valence-electron chi connectivity index (χ4n) is 2.98. The minimum absolute atomic E-state index is 0.439. The molecule has 3 rings (SSSR count). The normalized spacial score (nSPS) is 35.5. The van der Waals surface area contributed by atoms with Crippen LogP contribution in [0.2, 0.25) is 0 Å². The first-order valence-electron chi connectivity index (χ1n) is 5.50. The van der Waals surface area contributed by atoms with Crippen LogP contribution in [0.3, 0.4) is 0 Å². The van der Waals surface area contributed by atoms with E-state index in [9.17, 15) is 4.79 Å². The van der Waals surface area contributed by atoms with Gasteiger partial charge in [-0.2, -0.15) is 0 Å². The third kappa shape index (κ3) is 0.976. The Morgan fingerprint density at radius 2 is 2.08 bits per heavy atom. The first kappa shape index (κ1) is 7.84. The van der Waals surface area contributed by atoms with E-state index in [2.05, 4.69) is 11.8 Å². The molecule has 2 aliphatic carbocycles. The predicted octanol–water partition coefficient (Wildman–Crippen LogP) is 1.65. The van der Waals surface area contributed by atoms with E-state index in [1.165, 1.54) is 25.7 Å². The van der Waals surface area contributed by atoms with E-state index in [-0.39, 0.29) is 0 Å². The van der Waals surface area contributed by atoms with Crippen LogP contribution in [0.4, 0.5) is 0 Å². The fourth-order valence-corrected chi connectivity index (χ4v) is 2.98. The maximum absolute atomic E-state index is 11.9. The zero-order valence-corrected chi connectivity index (χ0v) is 8.25. The number of carbonyl (C=O) groups is 1. The molecule has 1 amide bonds. The summed E-state index contributed by atoms with van der Waals surface area (Å²) in [7, 11) is 0. The van der Waals surface area contributed by atoms with Crippen LogP contribution >= 0.6 is 0 Å². The van der Waals surface area contributed by atoms with Gasteiger partial charge in [-0.1, -0.05) is 13.3 Å². The summed E-state index contributed by atoms with van der Waals surface area (Å²) in [4.78, 5) is 13.9. The lowest BCUT2D eigenvalue weighted by molar-refractivity contribution is -0.139. The van der Waals surface area contributed by atoms with Crippen molar-refractivity contribution in [3.8, 4) is 0 Å². The Balaban J connectivity index is 1.59. The molecule has 1 saturated heterocycles. The minimum Gasteiger partial charge on any atom is -0.342 e. The van der Waals surface area contributed by atoms with E-state index in [4.69, 9.17) is 0 Å². The summed E-state index contributed by atoms with van der Waals surface area (Å²) in [5.41, 5.74) is 0.524. The molecular weight excluding hydrogens is 162 g/mol. The lowest BCUT2D eigenvalue weighted by atomic mass is 9.79. The topological polar surface area (TPSA) is 20.3 Å². The molecule has 0 N–H and O–H groups in total. The van der Waals surface area contributed by atoms with E-state index in [1.54, 1.807) is 0 Å². The van der Waals surface area contributed by atoms with Crippen molar-refractivity contribution in [1.29, 1.82) is 0 Å². The van der Waals surface area contributed by atoms with Crippen LogP contribution in [0.5, 0.6) is 0 Å². The van der Waals surface area contributed by atoms with E-state index in [0.29, 0.717) is 17.2 Å². The van der Waals surface area contributed by atoms with E-state index >= 15 is 0 Å². The second-order valence-corrected chi connectivity index (χ2v) is 5.32. The molecule has 1 spiro atoms. The van der Waals surface area contributed by atoms with Crippen molar-refractivity contribution in [2.24, 2.45) is 17.3 Å². The summed E-state index contributed by atoms with van der Waals surface area (Å²) in [5, 5.41) is 0. The highest BCUT2D eigenvalue weighted by molar-refractivity contribution is 5.83. The standard InChI is InChI=1S/C11H17NO/c1-8-6-12(7-8)10(13)9-5-11(9)3-2-4-11/h8-9H,2-7H2,1H3. The number of hydrogen-bond acceptors (Lipinski definition) is 1. The van der Waals surface area contributed by atoms with Crippen LogP contribution in [0.25, 0.3) is 0 Å². The molecule has 1 heterocycles. The molecule has 0 aromatic heterocycles. The minimum atomic E-state index is 0.439. The van der Waals surface area contributed by atoms with Crippen molar-refractivity contribution in [3.05, 3.63) is 0 Å². The monoisotopic (exact) mass is 179 g/mol. The highest BCUT2D eigenvalue weighted by Gasteiger charge is 2.62. The molecule has 13 heavy (non-hydrogen) atoms. The third-order valence-electron chi connectivity index (χ3n) is 4.21. The average Bonchev–Trinajstić information content (AvgIpc) is 2.71. The lowest BCUT2D eigenvalue weighted by Crippen LogP contribution is -2.50. The summed E-state index contributed by atoms with van der Waals surface area (Å²) >= 11 is 0. The van der Waals surface area contributed by atoms with Crippen LogP contribution in [0.1, 0.15) is 32.6 Å². The van der Waals surface area contributed by atoms with Crippen molar-refractivity contribution in [2.75, 3.05) is 13.1 Å². The van der Waals surface area contributed by atoms with Gasteiger partial charge in [0.2, 0.25) is 5.91 Å². The smallest absolute Gasteiger partial charge is 0.226 e. The molecule has 0 bridgehead atoms. The number of nitrogens with zero attached hydrogens (tertiary/aromatic N) is 1. The number of hydrogen-bond donors (Lipinski definition) is 0. The lowest BCUT2D eigenvalue weighted by Gasteiger charge is -2.38. The van der Waals surface area contributed by atoms with E-state index in [0.717, 1.165) is 19.0 Å². The summed E-state index contributed by atoms with van der Waals surface area (Å²) in [6.07, 6.45) is 5.22. The second kappa shape index (κ2) is 2.28. The molecule has 1 aliphatic heterocycles. The van der Waals surface area contributed by atoms with Crippen molar-refractivity contribution in [1.82, 2.24) is 4.90 Å². The fraction of sp³-hybridized carbons (Fsp3) is 0.909. The Kier molecular flexibility index (Phi) is 1.38. The predicted molar refractivity (Wildman–Crippen MR) is 50.1 cm³/mol. The molecule has 3 aliphatic rings. The highest BCUT2D eigenvalue weighted by atomic mass is 16.2. The maximum Gasteiger partial charge on any atom is 0.226 e.